The van der Waals surface area contributed by atoms with Crippen molar-refractivity contribution in [1.29, 1.82) is 0 Å². The number of aliphatic carboxylic acids is 1. The van der Waals surface area contributed by atoms with E-state index in [0.29, 0.717) is 6.42 Å². The van der Waals surface area contributed by atoms with E-state index in [0.717, 1.165) is 5.56 Å². The Hall–Kier alpha value is -4.20. The summed E-state index contributed by atoms with van der Waals surface area (Å²) in [6.45, 7) is -0.327. The summed E-state index contributed by atoms with van der Waals surface area (Å²) in [5.41, 5.74) is 22.0. The molecule has 0 aromatic heterocycles. The fourth-order valence-electron chi connectivity index (χ4n) is 3.06. The molecule has 0 spiro atoms. The molecule has 3 atom stereocenters. The lowest BCUT2D eigenvalue weighted by molar-refractivity contribution is -0.142. The lowest BCUT2D eigenvalue weighted by Crippen LogP contribution is -2.54. The standard InChI is InChI=1S/C22H34N8O6/c23-14(8-9-17(24)31)19(33)30-16(11-13-5-2-1-3-6-13)20(34)28-12-18(32)29-15(21(35)36)7-4-10-27-22(25)26/h1-3,5-6,14-16H,4,7-12,23H2,(H2,24,31)(H,28,34)(H,29,32)(H,30,33)(H,35,36)(H4,25,26,27). The molecule has 0 bridgehead atoms. The van der Waals surface area contributed by atoms with Crippen molar-refractivity contribution in [1.82, 2.24) is 16.0 Å². The van der Waals surface area contributed by atoms with Gasteiger partial charge in [-0.15, -0.1) is 0 Å². The molecule has 0 saturated heterocycles. The zero-order valence-electron chi connectivity index (χ0n) is 19.8. The normalized spacial score (nSPS) is 12.9. The summed E-state index contributed by atoms with van der Waals surface area (Å²) < 4.78 is 0. The fourth-order valence-corrected chi connectivity index (χ4v) is 3.06. The third-order valence-electron chi connectivity index (χ3n) is 4.96. The molecule has 0 saturated carbocycles. The van der Waals surface area contributed by atoms with Crippen molar-refractivity contribution in [3.63, 3.8) is 0 Å². The van der Waals surface area contributed by atoms with E-state index in [1.54, 1.807) is 30.3 Å². The predicted molar refractivity (Wildman–Crippen MR) is 131 cm³/mol. The number of primary amides is 1. The van der Waals surface area contributed by atoms with Crippen LogP contribution in [0.1, 0.15) is 31.2 Å². The number of carbonyl (C=O) groups excluding carboxylic acids is 4. The number of hydrogen-bond donors (Lipinski definition) is 8. The van der Waals surface area contributed by atoms with Crippen LogP contribution in [0.2, 0.25) is 0 Å². The zero-order valence-corrected chi connectivity index (χ0v) is 19.8. The average molecular weight is 507 g/mol. The number of nitrogens with one attached hydrogen (secondary N) is 3. The van der Waals surface area contributed by atoms with Gasteiger partial charge in [0, 0.05) is 19.4 Å². The Morgan fingerprint density at radius 3 is 2.17 bits per heavy atom. The number of carboxylic acids is 1. The summed E-state index contributed by atoms with van der Waals surface area (Å²) in [6, 6.07) is 5.47. The van der Waals surface area contributed by atoms with Gasteiger partial charge in [-0.05, 0) is 24.8 Å². The van der Waals surface area contributed by atoms with Gasteiger partial charge >= 0.3 is 5.97 Å². The van der Waals surface area contributed by atoms with Crippen LogP contribution in [0.5, 0.6) is 0 Å². The highest BCUT2D eigenvalue weighted by molar-refractivity contribution is 5.93. The van der Waals surface area contributed by atoms with Gasteiger partial charge in [-0.25, -0.2) is 4.79 Å². The molecular weight excluding hydrogens is 472 g/mol. The van der Waals surface area contributed by atoms with Crippen LogP contribution < -0.4 is 38.9 Å². The molecule has 0 heterocycles. The zero-order chi connectivity index (χ0) is 27.1. The molecule has 12 N–H and O–H groups in total. The quantitative estimate of drug-likeness (QED) is 0.0646. The first kappa shape index (κ1) is 29.8. The molecule has 0 aliphatic rings. The van der Waals surface area contributed by atoms with Gasteiger partial charge in [-0.2, -0.15) is 0 Å². The topological polar surface area (TPSA) is 258 Å². The molecule has 0 fully saturated rings. The highest BCUT2D eigenvalue weighted by atomic mass is 16.4. The monoisotopic (exact) mass is 506 g/mol. The van der Waals surface area contributed by atoms with Crippen molar-refractivity contribution in [3.05, 3.63) is 35.9 Å². The maximum absolute atomic E-state index is 12.8. The van der Waals surface area contributed by atoms with E-state index in [4.69, 9.17) is 22.9 Å². The summed E-state index contributed by atoms with van der Waals surface area (Å²) in [5, 5.41) is 16.6. The van der Waals surface area contributed by atoms with Crippen LogP contribution in [0.25, 0.3) is 0 Å². The number of carboxylic acid groups (broad SMARTS) is 1. The highest BCUT2D eigenvalue weighted by Gasteiger charge is 2.25. The van der Waals surface area contributed by atoms with Gasteiger partial charge in [0.1, 0.15) is 12.1 Å². The van der Waals surface area contributed by atoms with Crippen LogP contribution in [-0.2, 0) is 30.4 Å². The molecule has 4 amide bonds. The maximum Gasteiger partial charge on any atom is 0.326 e. The van der Waals surface area contributed by atoms with Gasteiger partial charge in [0.2, 0.25) is 23.6 Å². The maximum atomic E-state index is 12.8. The van der Waals surface area contributed by atoms with Gasteiger partial charge in [-0.1, -0.05) is 30.3 Å². The van der Waals surface area contributed by atoms with Crippen molar-refractivity contribution in [2.45, 2.75) is 50.2 Å². The SMILES string of the molecule is NC(=O)CCC(N)C(=O)NC(Cc1ccccc1)C(=O)NCC(=O)NC(CCCN=C(N)N)C(=O)O. The second-order valence-electron chi connectivity index (χ2n) is 7.99. The van der Waals surface area contributed by atoms with Crippen molar-refractivity contribution in [2.24, 2.45) is 27.9 Å². The van der Waals surface area contributed by atoms with E-state index >= 15 is 0 Å². The van der Waals surface area contributed by atoms with Crippen LogP contribution >= 0.6 is 0 Å². The molecule has 3 unspecified atom stereocenters. The first-order valence-electron chi connectivity index (χ1n) is 11.2. The van der Waals surface area contributed by atoms with Crippen molar-refractivity contribution in [3.8, 4) is 0 Å². The number of carbonyl (C=O) groups is 5. The summed E-state index contributed by atoms with van der Waals surface area (Å²) in [7, 11) is 0. The third-order valence-corrected chi connectivity index (χ3v) is 4.96. The number of nitrogens with two attached hydrogens (primary N) is 4. The van der Waals surface area contributed by atoms with Crippen LogP contribution in [0, 0.1) is 0 Å². The van der Waals surface area contributed by atoms with E-state index in [1.807, 2.05) is 0 Å². The minimum atomic E-state index is -1.25. The molecule has 1 aromatic carbocycles. The average Bonchev–Trinajstić information content (AvgIpc) is 2.82. The molecule has 1 aromatic rings. The van der Waals surface area contributed by atoms with E-state index in [2.05, 4.69) is 20.9 Å². The minimum Gasteiger partial charge on any atom is -0.480 e. The lowest BCUT2D eigenvalue weighted by Gasteiger charge is -2.21. The third kappa shape index (κ3) is 12.3. The Labute approximate surface area is 208 Å². The number of guanidine groups is 1. The smallest absolute Gasteiger partial charge is 0.326 e. The Bertz CT molecular complexity index is 936. The van der Waals surface area contributed by atoms with E-state index < -0.39 is 54.3 Å². The number of amides is 4. The number of benzene rings is 1. The van der Waals surface area contributed by atoms with Crippen molar-refractivity contribution in [2.75, 3.05) is 13.1 Å². The van der Waals surface area contributed by atoms with Gasteiger partial charge < -0.3 is 44.0 Å². The Morgan fingerprint density at radius 2 is 1.58 bits per heavy atom. The van der Waals surface area contributed by atoms with Crippen LogP contribution in [0.4, 0.5) is 0 Å². The lowest BCUT2D eigenvalue weighted by atomic mass is 10.0. The summed E-state index contributed by atoms with van der Waals surface area (Å²) in [6.07, 6.45) is 0.388. The molecule has 14 nitrogen and oxygen atoms in total. The second kappa shape index (κ2) is 15.7. The Balaban J connectivity index is 2.74. The largest absolute Gasteiger partial charge is 0.480 e. The Morgan fingerprint density at radius 1 is 0.917 bits per heavy atom. The molecule has 1 rings (SSSR count). The number of nitrogens with zero attached hydrogens (tertiary/aromatic N) is 1. The Kier molecular flexibility index (Phi) is 13.0. The van der Waals surface area contributed by atoms with Crippen LogP contribution in [-0.4, -0.2) is 71.9 Å². The number of rotatable bonds is 16. The summed E-state index contributed by atoms with van der Waals surface area (Å²) in [5.74, 6) is -4.06. The first-order chi connectivity index (χ1) is 17.0. The fraction of sp³-hybridized carbons (Fsp3) is 0.455. The van der Waals surface area contributed by atoms with Gasteiger partial charge in [0.05, 0.1) is 12.6 Å². The molecule has 0 radical (unpaired) electrons. The molecular formula is C22H34N8O6. The van der Waals surface area contributed by atoms with Gasteiger partial charge in [0.25, 0.3) is 0 Å². The molecule has 14 heteroatoms. The van der Waals surface area contributed by atoms with Crippen LogP contribution in [0.3, 0.4) is 0 Å². The molecule has 0 aliphatic heterocycles. The number of aliphatic imine (C=N–C) groups is 1. The van der Waals surface area contributed by atoms with Crippen LogP contribution in [0.15, 0.2) is 35.3 Å². The van der Waals surface area contributed by atoms with E-state index in [-0.39, 0.29) is 38.2 Å². The van der Waals surface area contributed by atoms with Crippen molar-refractivity contribution >= 4 is 35.6 Å². The van der Waals surface area contributed by atoms with Gasteiger partial charge in [-0.3, -0.25) is 24.2 Å². The number of hydrogen-bond acceptors (Lipinski definition) is 7. The summed E-state index contributed by atoms with van der Waals surface area (Å²) >= 11 is 0. The van der Waals surface area contributed by atoms with Gasteiger partial charge in [0.15, 0.2) is 5.96 Å². The van der Waals surface area contributed by atoms with E-state index in [9.17, 15) is 29.1 Å². The predicted octanol–water partition coefficient (Wildman–Crippen LogP) is -2.95. The summed E-state index contributed by atoms with van der Waals surface area (Å²) in [4.78, 5) is 63.6. The minimum absolute atomic E-state index is 0.00299. The van der Waals surface area contributed by atoms with Crippen molar-refractivity contribution < 1.29 is 29.1 Å². The molecule has 36 heavy (non-hydrogen) atoms. The molecule has 0 aliphatic carbocycles. The second-order valence-corrected chi connectivity index (χ2v) is 7.99. The first-order valence-corrected chi connectivity index (χ1v) is 11.2. The highest BCUT2D eigenvalue weighted by Crippen LogP contribution is 2.05. The van der Waals surface area contributed by atoms with E-state index in [1.165, 1.54) is 0 Å². The molecule has 198 valence electrons.